The summed E-state index contributed by atoms with van der Waals surface area (Å²) in [7, 11) is -8.55. The molecule has 30 heavy (non-hydrogen) atoms. The molecule has 3 rings (SSSR count). The Balaban J connectivity index is 0.000000567. The molecule has 0 amide bonds. The summed E-state index contributed by atoms with van der Waals surface area (Å²) < 4.78 is 59.5. The standard InChI is InChI=1S/C17H11ClN2O3.F5P.FH/c18-16-13(6-3-9-19-16)20-11-12-5-1-2-7-14(12)23-17(21)15-8-4-10-22-15;1-6(2,3,4)5;/h1-11H;;1H. The maximum absolute atomic E-state index is 12.0. The largest absolute Gasteiger partial charge is 0.457 e. The van der Waals surface area contributed by atoms with Crippen LogP contribution in [0, 0.1) is 0 Å². The van der Waals surface area contributed by atoms with Crippen molar-refractivity contribution >= 4 is 37.6 Å². The van der Waals surface area contributed by atoms with Crippen LogP contribution in [0.1, 0.15) is 16.1 Å². The zero-order valence-electron chi connectivity index (χ0n) is 14.6. The van der Waals surface area contributed by atoms with Crippen LogP contribution in [0.15, 0.2) is 70.4 Å². The molecule has 13 heteroatoms. The molecule has 0 unspecified atom stereocenters. The molecule has 0 saturated carbocycles. The van der Waals surface area contributed by atoms with Crippen molar-refractivity contribution in [1.29, 1.82) is 0 Å². The van der Waals surface area contributed by atoms with Gasteiger partial charge in [0, 0.05) is 18.0 Å². The van der Waals surface area contributed by atoms with E-state index in [0.717, 1.165) is 0 Å². The van der Waals surface area contributed by atoms with Crippen LogP contribution in [0.4, 0.5) is 31.4 Å². The molecule has 0 atom stereocenters. The zero-order chi connectivity index (χ0) is 21.5. The fourth-order valence-electron chi connectivity index (χ4n) is 1.84. The Labute approximate surface area is 171 Å². The van der Waals surface area contributed by atoms with E-state index < -0.39 is 14.1 Å². The average molecular weight is 473 g/mol. The Kier molecular flexibility index (Phi) is 8.56. The summed E-state index contributed by atoms with van der Waals surface area (Å²) in [6.07, 6.45) is 4.56. The molecule has 162 valence electrons. The third-order valence-corrected chi connectivity index (χ3v) is 3.22. The summed E-state index contributed by atoms with van der Waals surface area (Å²) in [6.45, 7) is 0. The average Bonchev–Trinajstić information content (AvgIpc) is 3.15. The minimum atomic E-state index is -8.55. The van der Waals surface area contributed by atoms with E-state index in [1.807, 2.05) is 6.07 Å². The number of aromatic nitrogens is 1. The molecule has 0 spiro atoms. The molecule has 3 aromatic rings. The van der Waals surface area contributed by atoms with Gasteiger partial charge in [0.1, 0.15) is 11.4 Å². The second kappa shape index (κ2) is 10.2. The van der Waals surface area contributed by atoms with Gasteiger partial charge in [-0.25, -0.2) is 9.78 Å². The van der Waals surface area contributed by atoms with Gasteiger partial charge in [0.25, 0.3) is 0 Å². The van der Waals surface area contributed by atoms with E-state index >= 15 is 0 Å². The van der Waals surface area contributed by atoms with Crippen molar-refractivity contribution in [2.75, 3.05) is 0 Å². The summed E-state index contributed by atoms with van der Waals surface area (Å²) >= 11 is 5.96. The SMILES string of the molecule is F.FP(F)(F)(F)F.O=C(Oc1ccccc1C=Nc1cccnc1Cl)c1ccco1. The summed E-state index contributed by atoms with van der Waals surface area (Å²) in [5.74, 6) is -0.0695. The molecule has 0 bridgehead atoms. The molecule has 0 aliphatic carbocycles. The Hall–Kier alpha value is -2.91. The van der Waals surface area contributed by atoms with Crippen LogP contribution in [0.2, 0.25) is 5.15 Å². The van der Waals surface area contributed by atoms with E-state index in [0.29, 0.717) is 22.2 Å². The number of nitrogens with zero attached hydrogens (tertiary/aromatic N) is 2. The number of hydrogen-bond donors (Lipinski definition) is 0. The number of halogens is 7. The Morgan fingerprint density at radius 3 is 2.33 bits per heavy atom. The van der Waals surface area contributed by atoms with Crippen molar-refractivity contribution in [2.24, 2.45) is 4.99 Å². The zero-order valence-corrected chi connectivity index (χ0v) is 16.2. The van der Waals surface area contributed by atoms with Crippen molar-refractivity contribution in [3.05, 3.63) is 77.5 Å². The fraction of sp³-hybridized carbons (Fsp3) is 0. The number of hydrogen-bond acceptors (Lipinski definition) is 5. The van der Waals surface area contributed by atoms with Gasteiger partial charge >= 0.3 is 35.1 Å². The predicted octanol–water partition coefficient (Wildman–Crippen LogP) is 7.41. The molecule has 5 nitrogen and oxygen atoms in total. The van der Waals surface area contributed by atoms with Crippen LogP contribution < -0.4 is 4.74 Å². The maximum Gasteiger partial charge on any atom is 0.379 e. The predicted molar refractivity (Wildman–Crippen MR) is 102 cm³/mol. The number of aliphatic imine (C=N–C) groups is 1. The van der Waals surface area contributed by atoms with E-state index in [1.165, 1.54) is 12.3 Å². The van der Waals surface area contributed by atoms with E-state index in [9.17, 15) is 25.8 Å². The fourth-order valence-corrected chi connectivity index (χ4v) is 2.01. The smallest absolute Gasteiger partial charge is 0.379 e. The molecule has 0 N–H and O–H groups in total. The number of ether oxygens (including phenoxy) is 1. The Morgan fingerprint density at radius 2 is 1.73 bits per heavy atom. The molecule has 2 aromatic heterocycles. The first kappa shape index (κ1) is 25.1. The monoisotopic (exact) mass is 472 g/mol. The van der Waals surface area contributed by atoms with Crippen molar-refractivity contribution < 1.29 is 39.6 Å². The quantitative estimate of drug-likeness (QED) is 0.0990. The number of furan rings is 1. The van der Waals surface area contributed by atoms with Gasteiger partial charge in [-0.1, -0.05) is 23.7 Å². The molecule has 2 heterocycles. The number of para-hydroxylation sites is 1. The first-order chi connectivity index (χ1) is 13.5. The van der Waals surface area contributed by atoms with Crippen molar-refractivity contribution in [2.45, 2.75) is 0 Å². The van der Waals surface area contributed by atoms with Crippen molar-refractivity contribution in [3.8, 4) is 5.75 Å². The van der Waals surface area contributed by atoms with Crippen LogP contribution in [0.25, 0.3) is 0 Å². The van der Waals surface area contributed by atoms with Gasteiger partial charge in [0.05, 0.1) is 6.26 Å². The number of carbonyl (C=O) groups is 1. The van der Waals surface area contributed by atoms with E-state index in [-0.39, 0.29) is 10.5 Å². The molecule has 1 aromatic carbocycles. The van der Waals surface area contributed by atoms with Gasteiger partial charge in [-0.05, 0) is 36.4 Å². The first-order valence-corrected chi connectivity index (χ1v) is 9.64. The molecule has 0 radical (unpaired) electrons. The normalized spacial score (nSPS) is 12.1. The van der Waals surface area contributed by atoms with Crippen molar-refractivity contribution in [3.63, 3.8) is 0 Å². The molecule has 0 saturated heterocycles. The van der Waals surface area contributed by atoms with Gasteiger partial charge in [-0.2, -0.15) is 0 Å². The molecule has 0 fully saturated rings. The number of esters is 1. The van der Waals surface area contributed by atoms with E-state index in [4.69, 9.17) is 20.8 Å². The number of rotatable bonds is 4. The summed E-state index contributed by atoms with van der Waals surface area (Å²) in [4.78, 5) is 20.2. The van der Waals surface area contributed by atoms with Crippen LogP contribution >= 0.6 is 19.8 Å². The van der Waals surface area contributed by atoms with Gasteiger partial charge in [-0.3, -0.25) is 9.70 Å². The van der Waals surface area contributed by atoms with Crippen LogP contribution in [-0.2, 0) is 0 Å². The number of carbonyl (C=O) groups excluding carboxylic acids is 1. The Morgan fingerprint density at radius 1 is 1.07 bits per heavy atom. The van der Waals surface area contributed by atoms with E-state index in [1.54, 1.807) is 48.8 Å². The third kappa shape index (κ3) is 9.53. The van der Waals surface area contributed by atoms with Crippen molar-refractivity contribution in [1.82, 2.24) is 4.98 Å². The van der Waals surface area contributed by atoms with Gasteiger partial charge < -0.3 is 9.15 Å². The molecule has 0 aliphatic heterocycles. The van der Waals surface area contributed by atoms with Crippen LogP contribution in [-0.4, -0.2) is 17.2 Å². The van der Waals surface area contributed by atoms with Gasteiger partial charge in [0.2, 0.25) is 5.76 Å². The molecular weight excluding hydrogens is 461 g/mol. The minimum absolute atomic E-state index is 0. The second-order valence-corrected chi connectivity index (χ2v) is 6.75. The molecular formula is C17H12ClF6N2O3P. The van der Waals surface area contributed by atoms with Crippen LogP contribution in [0.3, 0.4) is 0 Å². The summed E-state index contributed by atoms with van der Waals surface area (Å²) in [5, 5.41) is 0.300. The summed E-state index contributed by atoms with van der Waals surface area (Å²) in [6, 6.07) is 13.7. The minimum Gasteiger partial charge on any atom is -0.457 e. The van der Waals surface area contributed by atoms with E-state index in [2.05, 4.69) is 9.98 Å². The molecule has 0 aliphatic rings. The summed E-state index contributed by atoms with van der Waals surface area (Å²) in [5.41, 5.74) is 1.16. The Bertz CT molecular complexity index is 993. The number of benzene rings is 1. The first-order valence-electron chi connectivity index (χ1n) is 7.58. The van der Waals surface area contributed by atoms with Crippen LogP contribution in [0.5, 0.6) is 5.75 Å². The maximum atomic E-state index is 12.0. The van der Waals surface area contributed by atoms with Gasteiger partial charge in [0.15, 0.2) is 5.15 Å². The second-order valence-electron chi connectivity index (χ2n) is 5.12. The van der Waals surface area contributed by atoms with Gasteiger partial charge in [-0.15, -0.1) is 0 Å². The third-order valence-electron chi connectivity index (χ3n) is 2.93. The number of pyridine rings is 1. The topological polar surface area (TPSA) is 64.7 Å².